The third kappa shape index (κ3) is 17.5. The Kier molecular flexibility index (Phi) is 24.4. The van der Waals surface area contributed by atoms with Crippen LogP contribution in [0, 0.1) is 98.8 Å². The molecule has 0 radical (unpaired) electrons. The Hall–Kier alpha value is -10.7. The van der Waals surface area contributed by atoms with E-state index >= 15 is 0 Å². The van der Waals surface area contributed by atoms with Crippen LogP contribution in [-0.2, 0) is 5.60 Å². The van der Waals surface area contributed by atoms with Crippen molar-refractivity contribution in [3.8, 4) is 55.6 Å². The average molecular weight is 1800 g/mol. The zero-order valence-electron chi connectivity index (χ0n) is 79.8. The van der Waals surface area contributed by atoms with E-state index in [1.165, 1.54) is 140 Å². The lowest BCUT2D eigenvalue weighted by molar-refractivity contribution is -0.0722. The first-order chi connectivity index (χ1) is 64.5. The second kappa shape index (κ2) is 36.5. The van der Waals surface area contributed by atoms with E-state index in [9.17, 15) is 20.4 Å². The normalized spacial score (nSPS) is 19.0. The molecule has 10 aliphatic carbocycles. The third-order valence-electron chi connectivity index (χ3n) is 31.9. The first-order valence-corrected chi connectivity index (χ1v) is 50.6. The summed E-state index contributed by atoms with van der Waals surface area (Å²) in [6.07, 6.45) is 36.2. The molecule has 698 valence electrons. The van der Waals surface area contributed by atoms with Gasteiger partial charge >= 0.3 is 0 Å². The minimum absolute atomic E-state index is 0.319. The van der Waals surface area contributed by atoms with E-state index in [0.717, 1.165) is 291 Å². The van der Waals surface area contributed by atoms with Crippen LogP contribution in [0.5, 0.6) is 0 Å². The fourth-order valence-electron chi connectivity index (χ4n) is 23.8. The van der Waals surface area contributed by atoms with E-state index in [1.807, 2.05) is 69.2 Å². The molecule has 0 aliphatic heterocycles. The molecule has 10 heterocycles. The van der Waals surface area contributed by atoms with Crippen molar-refractivity contribution in [1.29, 1.82) is 0 Å². The van der Waals surface area contributed by atoms with Crippen LogP contribution in [-0.4, -0.2) is 96.0 Å². The number of fused-ring (bicyclic) bond motifs is 5. The van der Waals surface area contributed by atoms with Gasteiger partial charge in [-0.15, -0.1) is 0 Å². The molecule has 25 rings (SSSR count). The second-order valence-electron chi connectivity index (χ2n) is 41.5. The maximum absolute atomic E-state index is 12.6. The van der Waals surface area contributed by atoms with E-state index in [1.54, 1.807) is 0 Å². The van der Waals surface area contributed by atoms with E-state index in [4.69, 9.17) is 47.5 Å². The maximum Gasteiger partial charge on any atom is 0.141 e. The lowest BCUT2D eigenvalue weighted by Crippen LogP contribution is -2.41. The Morgan fingerprint density at radius 1 is 0.293 bits per heavy atom. The molecule has 24 nitrogen and oxygen atoms in total. The number of benzene rings is 5. The lowest BCUT2D eigenvalue weighted by Gasteiger charge is -2.40. The lowest BCUT2D eigenvalue weighted by atomic mass is 9.70. The van der Waals surface area contributed by atoms with Crippen LogP contribution >= 0.6 is 0 Å². The Morgan fingerprint density at radius 3 is 0.744 bits per heavy atom. The van der Waals surface area contributed by atoms with Crippen LogP contribution in [0.2, 0.25) is 0 Å². The zero-order valence-corrected chi connectivity index (χ0v) is 79.8. The quantitative estimate of drug-likeness (QED) is 0.0304. The predicted molar refractivity (Wildman–Crippen MR) is 517 cm³/mol. The Balaban J connectivity index is 0.000000100. The summed E-state index contributed by atoms with van der Waals surface area (Å²) < 4.78 is 27.0. The summed E-state index contributed by atoms with van der Waals surface area (Å²) in [5.41, 5.74) is 29.7. The van der Waals surface area contributed by atoms with Crippen molar-refractivity contribution in [3.05, 3.63) is 175 Å². The number of H-pyrrole nitrogens is 5. The Labute approximate surface area is 777 Å². The summed E-state index contributed by atoms with van der Waals surface area (Å²) in [7, 11) is 0. The summed E-state index contributed by atoms with van der Waals surface area (Å²) in [6, 6.07) is 21.6. The molecular formula is C109H133N15O9. The van der Waals surface area contributed by atoms with E-state index < -0.39 is 23.9 Å². The molecule has 3 atom stereocenters. The highest BCUT2D eigenvalue weighted by Gasteiger charge is 2.49. The van der Waals surface area contributed by atoms with Crippen LogP contribution in [0.4, 0.5) is 0 Å². The standard InChI is InChI=1S/C26H33N3O2.3C21H25N3O2.C20H25N3O/c1-15-23(16(2)31-29-15)18-13-21(24-22(14-18)27-25(28-24)17-11-12-17)26(30,19-7-3-4-8-19)20-9-5-6-10-20;3*1-11-18(12(2)26-24-11)15-9-16(20(25)13-5-3-4-6-13)19-17(10-15)22-21(23-19)14-7-8-14;1-5-13(6-2)16-9-15(18-11(3)23-24-12(18)4)10-17-19(16)22-20(21-17)14-7-8-14/h13-14,17,19-20,30H,3-12H2,1-2H3,(H,27,28);3*9-10,13-14,20,25H,3-8H2,1-2H3,(H,22,23);9-10,13-14H,5-8H2,1-4H3,(H,21,22)/t;2*20-;;/m.10../s1. The molecular weight excluding hydrogens is 1660 g/mol. The number of aliphatic hydroxyl groups excluding tert-OH is 3. The highest BCUT2D eigenvalue weighted by molar-refractivity contribution is 5.92. The van der Waals surface area contributed by atoms with Crippen molar-refractivity contribution < 1.29 is 43.0 Å². The molecule has 1 unspecified atom stereocenters. The van der Waals surface area contributed by atoms with Crippen molar-refractivity contribution in [3.63, 3.8) is 0 Å². The van der Waals surface area contributed by atoms with Crippen molar-refractivity contribution in [2.45, 2.75) is 348 Å². The molecule has 15 aromatic rings. The van der Waals surface area contributed by atoms with Crippen LogP contribution in [0.1, 0.15) is 387 Å². The first-order valence-electron chi connectivity index (χ1n) is 50.6. The molecule has 0 saturated heterocycles. The zero-order chi connectivity index (χ0) is 91.5. The van der Waals surface area contributed by atoms with Gasteiger partial charge in [-0.2, -0.15) is 0 Å². The minimum atomic E-state index is -0.809. The minimum Gasteiger partial charge on any atom is -0.388 e. The highest BCUT2D eigenvalue weighted by Crippen LogP contribution is 2.55. The number of aromatic nitrogens is 15. The number of hydrogen-bond acceptors (Lipinski definition) is 19. The Morgan fingerprint density at radius 2 is 0.511 bits per heavy atom. The number of nitrogens with zero attached hydrogens (tertiary/aromatic N) is 10. The average Bonchev–Trinajstić information content (AvgIpc) is 1.58. The van der Waals surface area contributed by atoms with Crippen molar-refractivity contribution in [2.75, 3.05) is 0 Å². The van der Waals surface area contributed by atoms with Gasteiger partial charge in [-0.1, -0.05) is 104 Å². The first kappa shape index (κ1) is 88.9. The summed E-state index contributed by atoms with van der Waals surface area (Å²) >= 11 is 0. The van der Waals surface area contributed by atoms with Crippen molar-refractivity contribution in [2.24, 2.45) is 29.6 Å². The number of imidazole rings is 5. The van der Waals surface area contributed by atoms with Gasteiger partial charge in [-0.05, 0) is 340 Å². The monoisotopic (exact) mass is 1800 g/mol. The summed E-state index contributed by atoms with van der Waals surface area (Å²) in [5, 5.41) is 66.7. The van der Waals surface area contributed by atoms with Gasteiger partial charge in [0.25, 0.3) is 0 Å². The highest BCUT2D eigenvalue weighted by atomic mass is 16.5. The smallest absolute Gasteiger partial charge is 0.141 e. The van der Waals surface area contributed by atoms with Crippen LogP contribution in [0.3, 0.4) is 0 Å². The number of aryl methyl sites for hydroxylation is 10. The fourth-order valence-corrected chi connectivity index (χ4v) is 23.8. The van der Waals surface area contributed by atoms with Crippen molar-refractivity contribution >= 4 is 55.2 Å². The molecule has 0 amide bonds. The molecule has 5 aromatic carbocycles. The van der Waals surface area contributed by atoms with E-state index in [2.05, 4.69) is 125 Å². The molecule has 10 saturated carbocycles. The topological polar surface area (TPSA) is 354 Å². The van der Waals surface area contributed by atoms with E-state index in [-0.39, 0.29) is 0 Å². The third-order valence-corrected chi connectivity index (χ3v) is 31.9. The number of aromatic amines is 5. The number of hydrogen-bond donors (Lipinski definition) is 9. The molecule has 10 aromatic heterocycles. The van der Waals surface area contributed by atoms with Crippen LogP contribution in [0.25, 0.3) is 111 Å². The summed E-state index contributed by atoms with van der Waals surface area (Å²) in [6.45, 7) is 24.2. The molecule has 0 bridgehead atoms. The van der Waals surface area contributed by atoms with Gasteiger partial charge in [-0.25, -0.2) is 24.9 Å². The van der Waals surface area contributed by atoms with Gasteiger partial charge in [0.1, 0.15) is 57.9 Å². The van der Waals surface area contributed by atoms with Gasteiger partial charge in [0.2, 0.25) is 0 Å². The van der Waals surface area contributed by atoms with Gasteiger partial charge in [0.05, 0.1) is 108 Å². The Bertz CT molecular complexity index is 6250. The molecule has 133 heavy (non-hydrogen) atoms. The summed E-state index contributed by atoms with van der Waals surface area (Å²) in [4.78, 5) is 42.4. The maximum atomic E-state index is 12.6. The van der Waals surface area contributed by atoms with Gasteiger partial charge in [0.15, 0.2) is 0 Å². The molecule has 10 aliphatic rings. The number of rotatable bonds is 22. The number of aliphatic hydroxyl groups is 4. The number of nitrogens with one attached hydrogen (secondary N) is 5. The van der Waals surface area contributed by atoms with Crippen LogP contribution < -0.4 is 0 Å². The fraction of sp³-hybridized carbons (Fsp3) is 0.541. The summed E-state index contributed by atoms with van der Waals surface area (Å²) in [5.74, 6) is 14.6. The molecule has 24 heteroatoms. The van der Waals surface area contributed by atoms with E-state index in [0.29, 0.717) is 65.1 Å². The van der Waals surface area contributed by atoms with Crippen LogP contribution in [0.15, 0.2) is 83.3 Å². The van der Waals surface area contributed by atoms with Gasteiger partial charge in [-0.3, -0.25) is 0 Å². The van der Waals surface area contributed by atoms with Crippen molar-refractivity contribution in [1.82, 2.24) is 75.6 Å². The SMILES string of the molecule is CCC(CC)c1cc(-c2c(C)noc2C)cc2[nH]c(C3CC3)nc12.Cc1noc(C)c1-c1cc(C(O)(C2CCCC2)C2CCCC2)c2nc(C3CC3)[nH]c2c1.Cc1noc(C)c1-c1cc(C(O)C2CCCC2)c2nc(C3CC3)[nH]c2c1.Cc1noc(C)c1-c1cc([C@@H](O)C2CCCC2)c2nc(C3CC3)[nH]c2c1.Cc1noc(C)c1-c1cc([C@H](O)C2CCCC2)c2nc(C3CC3)[nH]c2c1. The van der Waals surface area contributed by atoms with Gasteiger partial charge in [0, 0.05) is 79.7 Å². The largest absolute Gasteiger partial charge is 0.388 e. The molecule has 9 N–H and O–H groups in total. The van der Waals surface area contributed by atoms with Gasteiger partial charge < -0.3 is 68.0 Å². The second-order valence-corrected chi connectivity index (χ2v) is 41.5. The molecule has 10 fully saturated rings. The predicted octanol–water partition coefficient (Wildman–Crippen LogP) is 26.7. The molecule has 0 spiro atoms.